The van der Waals surface area contributed by atoms with Gasteiger partial charge in [-0.05, 0) is 37.5 Å². The fourth-order valence-corrected chi connectivity index (χ4v) is 2.72. The molecule has 19 heavy (non-hydrogen) atoms. The zero-order chi connectivity index (χ0) is 14.0. The fraction of sp³-hybridized carbons (Fsp3) is 0.533. The summed E-state index contributed by atoms with van der Waals surface area (Å²) in [5.74, 6) is 0.155. The van der Waals surface area contributed by atoms with Gasteiger partial charge in [0.05, 0.1) is 18.1 Å². The number of rotatable bonds is 3. The Kier molecular flexibility index (Phi) is 4.22. The van der Waals surface area contributed by atoms with E-state index in [4.69, 9.17) is 10.5 Å². The van der Waals surface area contributed by atoms with Gasteiger partial charge in [-0.3, -0.25) is 4.79 Å². The van der Waals surface area contributed by atoms with E-state index >= 15 is 0 Å². The van der Waals surface area contributed by atoms with Crippen molar-refractivity contribution in [2.75, 3.05) is 5.32 Å². The zero-order valence-electron chi connectivity index (χ0n) is 11.7. The van der Waals surface area contributed by atoms with Crippen LogP contribution in [0, 0.1) is 11.8 Å². The van der Waals surface area contributed by atoms with Crippen LogP contribution in [0.3, 0.4) is 0 Å². The first-order valence-electron chi connectivity index (χ1n) is 6.78. The largest absolute Gasteiger partial charge is 0.374 e. The molecule has 1 aliphatic rings. The predicted molar refractivity (Wildman–Crippen MR) is 75.6 cm³/mol. The number of carbonyl (C=O) groups is 1. The van der Waals surface area contributed by atoms with E-state index in [-0.39, 0.29) is 30.0 Å². The summed E-state index contributed by atoms with van der Waals surface area (Å²) in [5.41, 5.74) is 7.41. The number of ether oxygens (including phenoxy) is 1. The van der Waals surface area contributed by atoms with Gasteiger partial charge >= 0.3 is 0 Å². The Morgan fingerprint density at radius 1 is 1.32 bits per heavy atom. The summed E-state index contributed by atoms with van der Waals surface area (Å²) in [4.78, 5) is 12.4. The van der Waals surface area contributed by atoms with Gasteiger partial charge in [-0.1, -0.05) is 19.1 Å². The number of nitrogens with one attached hydrogen (secondary N) is 1. The van der Waals surface area contributed by atoms with E-state index in [9.17, 15) is 4.79 Å². The number of carbonyl (C=O) groups excluding carboxylic acids is 1. The standard InChI is InChI=1S/C15H22N2O2/c1-9-10(2)19-11(3)14(9)15(18)17-13-6-4-5-12(7-13)8-16/h4-7,9-11,14H,8,16H2,1-3H3,(H,17,18). The van der Waals surface area contributed by atoms with Crippen molar-refractivity contribution in [1.82, 2.24) is 0 Å². The van der Waals surface area contributed by atoms with E-state index in [1.807, 2.05) is 38.1 Å². The maximum Gasteiger partial charge on any atom is 0.230 e. The van der Waals surface area contributed by atoms with Crippen molar-refractivity contribution in [3.63, 3.8) is 0 Å². The lowest BCUT2D eigenvalue weighted by molar-refractivity contribution is -0.121. The quantitative estimate of drug-likeness (QED) is 0.877. The van der Waals surface area contributed by atoms with Crippen LogP contribution in [0.25, 0.3) is 0 Å². The molecule has 0 saturated carbocycles. The molecule has 1 fully saturated rings. The van der Waals surface area contributed by atoms with Gasteiger partial charge in [-0.15, -0.1) is 0 Å². The van der Waals surface area contributed by atoms with Crippen LogP contribution in [0.15, 0.2) is 24.3 Å². The molecule has 0 spiro atoms. The Hall–Kier alpha value is -1.39. The molecule has 1 heterocycles. The second kappa shape index (κ2) is 5.72. The maximum atomic E-state index is 12.4. The summed E-state index contributed by atoms with van der Waals surface area (Å²) in [6, 6.07) is 7.64. The number of nitrogens with two attached hydrogens (primary N) is 1. The van der Waals surface area contributed by atoms with Gasteiger partial charge in [-0.2, -0.15) is 0 Å². The predicted octanol–water partition coefficient (Wildman–Crippen LogP) is 2.14. The number of hydrogen-bond donors (Lipinski definition) is 2. The Morgan fingerprint density at radius 3 is 2.63 bits per heavy atom. The first kappa shape index (κ1) is 14.0. The fourth-order valence-electron chi connectivity index (χ4n) is 2.72. The summed E-state index contributed by atoms with van der Waals surface area (Å²) in [7, 11) is 0. The van der Waals surface area contributed by atoms with E-state index < -0.39 is 0 Å². The van der Waals surface area contributed by atoms with Crippen molar-refractivity contribution in [3.05, 3.63) is 29.8 Å². The minimum absolute atomic E-state index is 0.0264. The lowest BCUT2D eigenvalue weighted by atomic mass is 9.89. The summed E-state index contributed by atoms with van der Waals surface area (Å²) in [6.45, 7) is 6.51. The highest BCUT2D eigenvalue weighted by molar-refractivity contribution is 5.93. The molecule has 1 aromatic carbocycles. The van der Waals surface area contributed by atoms with Crippen LogP contribution >= 0.6 is 0 Å². The number of hydrogen-bond acceptors (Lipinski definition) is 3. The molecule has 1 saturated heterocycles. The van der Waals surface area contributed by atoms with Crippen molar-refractivity contribution in [1.29, 1.82) is 0 Å². The molecule has 0 aliphatic carbocycles. The number of benzene rings is 1. The van der Waals surface area contributed by atoms with Crippen LogP contribution < -0.4 is 11.1 Å². The Balaban J connectivity index is 2.08. The van der Waals surface area contributed by atoms with Crippen LogP contribution in [-0.2, 0) is 16.1 Å². The third kappa shape index (κ3) is 2.96. The van der Waals surface area contributed by atoms with Gasteiger partial charge in [0, 0.05) is 12.2 Å². The third-order valence-corrected chi connectivity index (χ3v) is 3.97. The lowest BCUT2D eigenvalue weighted by Crippen LogP contribution is -2.32. The molecule has 0 aromatic heterocycles. The summed E-state index contributed by atoms with van der Waals surface area (Å²) >= 11 is 0. The first-order chi connectivity index (χ1) is 9.02. The highest BCUT2D eigenvalue weighted by Crippen LogP contribution is 2.33. The minimum Gasteiger partial charge on any atom is -0.374 e. The molecular weight excluding hydrogens is 240 g/mol. The zero-order valence-corrected chi connectivity index (χ0v) is 11.7. The first-order valence-corrected chi connectivity index (χ1v) is 6.78. The van der Waals surface area contributed by atoms with E-state index in [1.165, 1.54) is 0 Å². The SMILES string of the molecule is CC1OC(C)C(C(=O)Nc2cccc(CN)c2)C1C. The minimum atomic E-state index is -0.100. The van der Waals surface area contributed by atoms with Crippen molar-refractivity contribution >= 4 is 11.6 Å². The molecule has 104 valence electrons. The normalized spacial score (nSPS) is 30.3. The van der Waals surface area contributed by atoms with Crippen molar-refractivity contribution in [2.45, 2.75) is 39.5 Å². The third-order valence-electron chi connectivity index (χ3n) is 3.97. The molecule has 2 rings (SSSR count). The average molecular weight is 262 g/mol. The average Bonchev–Trinajstić information content (AvgIpc) is 2.63. The van der Waals surface area contributed by atoms with E-state index in [1.54, 1.807) is 0 Å². The van der Waals surface area contributed by atoms with Crippen LogP contribution in [-0.4, -0.2) is 18.1 Å². The molecule has 4 nitrogen and oxygen atoms in total. The molecule has 1 aliphatic heterocycles. The smallest absolute Gasteiger partial charge is 0.230 e. The Labute approximate surface area is 114 Å². The summed E-state index contributed by atoms with van der Waals surface area (Å²) < 4.78 is 5.71. The van der Waals surface area contributed by atoms with Crippen LogP contribution in [0.2, 0.25) is 0 Å². The lowest BCUT2D eigenvalue weighted by Gasteiger charge is -2.18. The molecule has 0 radical (unpaired) electrons. The Morgan fingerprint density at radius 2 is 2.05 bits per heavy atom. The second-order valence-electron chi connectivity index (χ2n) is 5.32. The topological polar surface area (TPSA) is 64.3 Å². The van der Waals surface area contributed by atoms with Crippen molar-refractivity contribution < 1.29 is 9.53 Å². The monoisotopic (exact) mass is 262 g/mol. The molecule has 1 amide bonds. The molecule has 0 bridgehead atoms. The van der Waals surface area contributed by atoms with Gasteiger partial charge in [0.2, 0.25) is 5.91 Å². The van der Waals surface area contributed by atoms with Crippen LogP contribution in [0.4, 0.5) is 5.69 Å². The number of anilines is 1. The summed E-state index contributed by atoms with van der Waals surface area (Å²) in [6.07, 6.45) is 0.0869. The van der Waals surface area contributed by atoms with Gasteiger partial charge in [0.1, 0.15) is 0 Å². The van der Waals surface area contributed by atoms with Gasteiger partial charge in [-0.25, -0.2) is 0 Å². The number of amides is 1. The van der Waals surface area contributed by atoms with Crippen molar-refractivity contribution in [3.8, 4) is 0 Å². The highest BCUT2D eigenvalue weighted by Gasteiger charge is 2.41. The van der Waals surface area contributed by atoms with E-state index in [0.29, 0.717) is 6.54 Å². The molecule has 1 aromatic rings. The van der Waals surface area contributed by atoms with Crippen molar-refractivity contribution in [2.24, 2.45) is 17.6 Å². The maximum absolute atomic E-state index is 12.4. The van der Waals surface area contributed by atoms with E-state index in [2.05, 4.69) is 12.2 Å². The highest BCUT2D eigenvalue weighted by atomic mass is 16.5. The molecule has 4 unspecified atom stereocenters. The second-order valence-corrected chi connectivity index (χ2v) is 5.32. The van der Waals surface area contributed by atoms with E-state index in [0.717, 1.165) is 11.3 Å². The summed E-state index contributed by atoms with van der Waals surface area (Å²) in [5, 5.41) is 2.97. The molecule has 3 N–H and O–H groups in total. The molecule has 4 atom stereocenters. The van der Waals surface area contributed by atoms with Crippen LogP contribution in [0.5, 0.6) is 0 Å². The van der Waals surface area contributed by atoms with Gasteiger partial charge in [0.25, 0.3) is 0 Å². The van der Waals surface area contributed by atoms with Crippen LogP contribution in [0.1, 0.15) is 26.3 Å². The molecular formula is C15H22N2O2. The van der Waals surface area contributed by atoms with Gasteiger partial charge in [0.15, 0.2) is 0 Å². The van der Waals surface area contributed by atoms with Gasteiger partial charge < -0.3 is 15.8 Å². The Bertz CT molecular complexity index is 461. The molecule has 4 heteroatoms.